The fourth-order valence-electron chi connectivity index (χ4n) is 2.66. The van der Waals surface area contributed by atoms with Gasteiger partial charge in [-0.05, 0) is 31.0 Å². The number of para-hydroxylation sites is 1. The molecule has 2 aromatic carbocycles. The van der Waals surface area contributed by atoms with Crippen LogP contribution in [0.5, 0.6) is 5.75 Å². The lowest BCUT2D eigenvalue weighted by molar-refractivity contribution is -0.145. The second-order valence-electron chi connectivity index (χ2n) is 6.63. The maximum atomic E-state index is 13.5. The molecular formula is C22H29N2O6P. The first kappa shape index (κ1) is 24.4. The van der Waals surface area contributed by atoms with Crippen LogP contribution < -0.4 is 14.9 Å². The van der Waals surface area contributed by atoms with Gasteiger partial charge in [-0.2, -0.15) is 0 Å². The molecule has 9 heteroatoms. The molecule has 2 atom stereocenters. The van der Waals surface area contributed by atoms with E-state index in [-0.39, 0.29) is 25.9 Å². The third-order valence-electron chi connectivity index (χ3n) is 4.22. The van der Waals surface area contributed by atoms with Crippen molar-refractivity contribution in [3.8, 4) is 5.75 Å². The van der Waals surface area contributed by atoms with Crippen LogP contribution in [0.15, 0.2) is 60.7 Å². The molecule has 0 radical (unpaired) electrons. The maximum Gasteiger partial charge on any atom is 0.407 e. The summed E-state index contributed by atoms with van der Waals surface area (Å²) in [5.41, 5.74) is 0.859. The molecule has 2 rings (SSSR count). The van der Waals surface area contributed by atoms with E-state index in [0.29, 0.717) is 12.2 Å². The Morgan fingerprint density at radius 1 is 0.968 bits per heavy atom. The molecule has 0 spiro atoms. The second-order valence-corrected chi connectivity index (χ2v) is 8.87. The normalized spacial score (nSPS) is 13.5. The van der Waals surface area contributed by atoms with Crippen molar-refractivity contribution in [2.24, 2.45) is 0 Å². The summed E-state index contributed by atoms with van der Waals surface area (Å²) in [4.78, 5) is 24.1. The SMILES string of the molecule is CCOC(=O)[C@H](CC)NP(=O)(CCNC(=O)OCc1ccccc1)Oc1ccccc1. The molecule has 2 N–H and O–H groups in total. The van der Waals surface area contributed by atoms with E-state index in [0.717, 1.165) is 5.56 Å². The fourth-order valence-corrected chi connectivity index (χ4v) is 4.56. The van der Waals surface area contributed by atoms with Crippen molar-refractivity contribution in [2.75, 3.05) is 19.3 Å². The molecule has 0 saturated carbocycles. The Bertz CT molecular complexity index is 863. The highest BCUT2D eigenvalue weighted by molar-refractivity contribution is 7.57. The summed E-state index contributed by atoms with van der Waals surface area (Å²) in [5, 5.41) is 5.38. The maximum absolute atomic E-state index is 13.5. The molecule has 0 aliphatic heterocycles. The van der Waals surface area contributed by atoms with E-state index in [1.54, 1.807) is 38.1 Å². The van der Waals surface area contributed by atoms with Crippen molar-refractivity contribution >= 4 is 19.6 Å². The third-order valence-corrected chi connectivity index (χ3v) is 6.24. The average molecular weight is 448 g/mol. The number of nitrogens with one attached hydrogen (secondary N) is 2. The van der Waals surface area contributed by atoms with Crippen molar-refractivity contribution in [3.05, 3.63) is 66.2 Å². The summed E-state index contributed by atoms with van der Waals surface area (Å²) >= 11 is 0. The average Bonchev–Trinajstić information content (AvgIpc) is 2.77. The van der Waals surface area contributed by atoms with Gasteiger partial charge in [-0.1, -0.05) is 55.5 Å². The van der Waals surface area contributed by atoms with Crippen molar-refractivity contribution < 1.29 is 28.2 Å². The van der Waals surface area contributed by atoms with Crippen LogP contribution in [0.2, 0.25) is 0 Å². The van der Waals surface area contributed by atoms with Crippen LogP contribution >= 0.6 is 7.52 Å². The van der Waals surface area contributed by atoms with Crippen LogP contribution in [-0.2, 0) is 25.4 Å². The molecule has 1 amide bonds. The number of esters is 1. The lowest BCUT2D eigenvalue weighted by Crippen LogP contribution is -2.38. The van der Waals surface area contributed by atoms with Crippen LogP contribution in [-0.4, -0.2) is 37.4 Å². The number of alkyl carbamates (subject to hydrolysis) is 1. The van der Waals surface area contributed by atoms with Gasteiger partial charge in [-0.3, -0.25) is 9.36 Å². The minimum Gasteiger partial charge on any atom is -0.465 e. The van der Waals surface area contributed by atoms with Gasteiger partial charge in [0.15, 0.2) is 0 Å². The molecule has 0 heterocycles. The van der Waals surface area contributed by atoms with Gasteiger partial charge < -0.3 is 19.3 Å². The Labute approximate surface area is 182 Å². The van der Waals surface area contributed by atoms with Crippen molar-refractivity contribution in [3.63, 3.8) is 0 Å². The highest BCUT2D eigenvalue weighted by Gasteiger charge is 2.31. The van der Waals surface area contributed by atoms with Crippen molar-refractivity contribution in [1.82, 2.24) is 10.4 Å². The number of carbonyl (C=O) groups is 2. The highest BCUT2D eigenvalue weighted by atomic mass is 31.2. The number of benzene rings is 2. The molecule has 0 saturated heterocycles. The number of carbonyl (C=O) groups excluding carboxylic acids is 2. The molecule has 0 aromatic heterocycles. The molecule has 1 unspecified atom stereocenters. The van der Waals surface area contributed by atoms with E-state index in [9.17, 15) is 14.2 Å². The van der Waals surface area contributed by atoms with Gasteiger partial charge in [-0.25, -0.2) is 9.88 Å². The largest absolute Gasteiger partial charge is 0.465 e. The number of rotatable bonds is 12. The Hall–Kier alpha value is -2.83. The topological polar surface area (TPSA) is 103 Å². The van der Waals surface area contributed by atoms with Gasteiger partial charge in [0.05, 0.1) is 12.8 Å². The lowest BCUT2D eigenvalue weighted by Gasteiger charge is -2.25. The van der Waals surface area contributed by atoms with Gasteiger partial charge in [-0.15, -0.1) is 0 Å². The number of hydrogen-bond donors (Lipinski definition) is 2. The third kappa shape index (κ3) is 8.82. The molecule has 31 heavy (non-hydrogen) atoms. The van der Waals surface area contributed by atoms with Crippen LogP contribution in [0.3, 0.4) is 0 Å². The zero-order valence-corrected chi connectivity index (χ0v) is 18.7. The Kier molecular flexibility index (Phi) is 10.1. The number of ether oxygens (including phenoxy) is 2. The molecule has 0 fully saturated rings. The first-order valence-electron chi connectivity index (χ1n) is 10.2. The zero-order valence-electron chi connectivity index (χ0n) is 17.8. The van der Waals surface area contributed by atoms with E-state index in [1.165, 1.54) is 0 Å². The Morgan fingerprint density at radius 3 is 2.23 bits per heavy atom. The summed E-state index contributed by atoms with van der Waals surface area (Å²) in [6.07, 6.45) is -0.307. The van der Waals surface area contributed by atoms with Crippen molar-refractivity contribution in [1.29, 1.82) is 0 Å². The Morgan fingerprint density at radius 2 is 1.61 bits per heavy atom. The van der Waals surface area contributed by atoms with Gasteiger partial charge in [0.25, 0.3) is 0 Å². The van der Waals surface area contributed by atoms with E-state index in [1.807, 2.05) is 36.4 Å². The monoisotopic (exact) mass is 448 g/mol. The Balaban J connectivity index is 1.96. The highest BCUT2D eigenvalue weighted by Crippen LogP contribution is 2.43. The molecule has 8 nitrogen and oxygen atoms in total. The van der Waals surface area contributed by atoms with Gasteiger partial charge in [0, 0.05) is 6.54 Å². The summed E-state index contributed by atoms with van der Waals surface area (Å²) in [6.45, 7) is 3.86. The smallest absolute Gasteiger partial charge is 0.407 e. The van der Waals surface area contributed by atoms with Gasteiger partial charge in [0.2, 0.25) is 0 Å². The van der Waals surface area contributed by atoms with Gasteiger partial charge >= 0.3 is 19.6 Å². The minimum atomic E-state index is -3.55. The van der Waals surface area contributed by atoms with E-state index in [4.69, 9.17) is 14.0 Å². The van der Waals surface area contributed by atoms with E-state index < -0.39 is 25.6 Å². The van der Waals surface area contributed by atoms with E-state index >= 15 is 0 Å². The summed E-state index contributed by atoms with van der Waals surface area (Å²) in [5.74, 6) is -0.110. The molecule has 0 bridgehead atoms. The molecular weight excluding hydrogens is 419 g/mol. The van der Waals surface area contributed by atoms with Crippen molar-refractivity contribution in [2.45, 2.75) is 32.9 Å². The zero-order chi connectivity index (χ0) is 22.5. The quantitative estimate of drug-likeness (QED) is 0.372. The van der Waals surface area contributed by atoms with Gasteiger partial charge in [0.1, 0.15) is 18.4 Å². The summed E-state index contributed by atoms with van der Waals surface area (Å²) < 4.78 is 29.4. The van der Waals surface area contributed by atoms with Crippen LogP contribution in [0.25, 0.3) is 0 Å². The molecule has 0 aliphatic rings. The molecule has 2 aromatic rings. The predicted molar refractivity (Wildman–Crippen MR) is 118 cm³/mol. The van der Waals surface area contributed by atoms with E-state index in [2.05, 4.69) is 10.4 Å². The lowest BCUT2D eigenvalue weighted by atomic mass is 10.2. The summed E-state index contributed by atoms with van der Waals surface area (Å²) in [7, 11) is -3.55. The number of hydrogen-bond acceptors (Lipinski definition) is 6. The summed E-state index contributed by atoms with van der Waals surface area (Å²) in [6, 6.07) is 17.1. The number of amides is 1. The standard InChI is InChI=1S/C22H29N2O6P/c1-3-20(21(25)28-4-2)24-31(27,30-19-13-9-6-10-14-19)16-15-23-22(26)29-17-18-11-7-5-8-12-18/h5-14,20H,3-4,15-17H2,1-2H3,(H,23,26)(H,24,27)/t20-,31?/m0/s1. The molecule has 168 valence electrons. The van der Waals surface area contributed by atoms with Crippen LogP contribution in [0.1, 0.15) is 25.8 Å². The first-order valence-corrected chi connectivity index (χ1v) is 12.0. The van der Waals surface area contributed by atoms with Crippen LogP contribution in [0.4, 0.5) is 4.79 Å². The first-order chi connectivity index (χ1) is 15.0. The fraction of sp³-hybridized carbons (Fsp3) is 0.364. The van der Waals surface area contributed by atoms with Crippen LogP contribution in [0, 0.1) is 0 Å². The molecule has 0 aliphatic carbocycles. The predicted octanol–water partition coefficient (Wildman–Crippen LogP) is 4.12. The minimum absolute atomic E-state index is 0.0317. The second kappa shape index (κ2) is 12.8.